The Hall–Kier alpha value is -3.06. The molecule has 1 heterocycles. The summed E-state index contributed by atoms with van der Waals surface area (Å²) in [6.45, 7) is 14.6. The summed E-state index contributed by atoms with van der Waals surface area (Å²) in [5.74, 6) is 0.893. The standard InChI is InChI=1S/C37H54N2O5/c1-8-42-33(40)28-11-19-32(20-12-28)44-31-17-9-27(10-18-31)25-39(34(41)35(2,3)4)23-21-37(22-24-43-36(5,6)26-37)29-13-15-30(38-7)16-14-29/h9-10,13-18,28,32,38H,8,11-12,19-26H2,1-7H3/t28-,32-,37?. The molecule has 44 heavy (non-hydrogen) atoms. The molecule has 1 unspecified atom stereocenters. The molecule has 1 saturated heterocycles. The van der Waals surface area contributed by atoms with E-state index in [0.29, 0.717) is 26.3 Å². The molecule has 1 aliphatic carbocycles. The topological polar surface area (TPSA) is 77.1 Å². The molecular formula is C37H54N2O5. The van der Waals surface area contributed by atoms with Crippen LogP contribution in [-0.4, -0.2) is 55.3 Å². The highest BCUT2D eigenvalue weighted by Crippen LogP contribution is 2.44. The SMILES string of the molecule is CCOC(=O)[C@H]1CC[C@H](Oc2ccc(CN(CCC3(c4ccc(NC)cc4)CCOC(C)(C)C3)C(=O)C(C)(C)C)cc2)CC1. The molecule has 1 aliphatic heterocycles. The average Bonchev–Trinajstić information content (AvgIpc) is 2.99. The molecule has 2 aromatic carbocycles. The minimum Gasteiger partial charge on any atom is -0.490 e. The minimum absolute atomic E-state index is 0.0115. The first-order valence-corrected chi connectivity index (χ1v) is 16.5. The summed E-state index contributed by atoms with van der Waals surface area (Å²) in [5, 5.41) is 3.23. The van der Waals surface area contributed by atoms with Gasteiger partial charge in [0.05, 0.1) is 24.2 Å². The maximum atomic E-state index is 13.8. The number of carbonyl (C=O) groups excluding carboxylic acids is 2. The lowest BCUT2D eigenvalue weighted by Gasteiger charge is -2.46. The summed E-state index contributed by atoms with van der Waals surface area (Å²) >= 11 is 0. The van der Waals surface area contributed by atoms with Crippen molar-refractivity contribution in [2.45, 2.75) is 110 Å². The van der Waals surface area contributed by atoms with Gasteiger partial charge in [-0.15, -0.1) is 0 Å². The number of amides is 1. The molecule has 1 amide bonds. The number of rotatable bonds is 11. The van der Waals surface area contributed by atoms with E-state index in [4.69, 9.17) is 14.2 Å². The second kappa shape index (κ2) is 14.4. The summed E-state index contributed by atoms with van der Waals surface area (Å²) in [4.78, 5) is 27.9. The molecule has 0 radical (unpaired) electrons. The molecule has 1 N–H and O–H groups in total. The van der Waals surface area contributed by atoms with E-state index in [9.17, 15) is 9.59 Å². The first kappa shape index (κ1) is 33.8. The maximum Gasteiger partial charge on any atom is 0.308 e. The van der Waals surface area contributed by atoms with E-state index >= 15 is 0 Å². The molecule has 0 aromatic heterocycles. The fourth-order valence-electron chi connectivity index (χ4n) is 6.91. The van der Waals surface area contributed by atoms with Crippen molar-refractivity contribution in [2.24, 2.45) is 11.3 Å². The predicted molar refractivity (Wildman–Crippen MR) is 176 cm³/mol. The maximum absolute atomic E-state index is 13.8. The highest BCUT2D eigenvalue weighted by atomic mass is 16.5. The lowest BCUT2D eigenvalue weighted by Crippen LogP contribution is -2.47. The van der Waals surface area contributed by atoms with Crippen molar-refractivity contribution in [2.75, 3.05) is 32.1 Å². The van der Waals surface area contributed by atoms with Crippen LogP contribution < -0.4 is 10.1 Å². The Balaban J connectivity index is 1.45. The Morgan fingerprint density at radius 2 is 1.66 bits per heavy atom. The predicted octanol–water partition coefficient (Wildman–Crippen LogP) is 7.52. The fourth-order valence-corrected chi connectivity index (χ4v) is 6.91. The highest BCUT2D eigenvalue weighted by molar-refractivity contribution is 5.81. The van der Waals surface area contributed by atoms with Crippen molar-refractivity contribution in [1.82, 2.24) is 4.90 Å². The molecule has 1 saturated carbocycles. The van der Waals surface area contributed by atoms with E-state index in [1.807, 2.05) is 51.8 Å². The van der Waals surface area contributed by atoms with Gasteiger partial charge in [0, 0.05) is 43.3 Å². The van der Waals surface area contributed by atoms with Crippen LogP contribution in [0.4, 0.5) is 5.69 Å². The Morgan fingerprint density at radius 3 is 2.23 bits per heavy atom. The highest BCUT2D eigenvalue weighted by Gasteiger charge is 2.42. The van der Waals surface area contributed by atoms with Crippen LogP contribution in [0.15, 0.2) is 48.5 Å². The Labute approximate surface area is 265 Å². The van der Waals surface area contributed by atoms with Gasteiger partial charge in [0.15, 0.2) is 0 Å². The van der Waals surface area contributed by atoms with Crippen molar-refractivity contribution in [3.8, 4) is 5.75 Å². The molecule has 0 bridgehead atoms. The van der Waals surface area contributed by atoms with Gasteiger partial charge in [0.1, 0.15) is 5.75 Å². The summed E-state index contributed by atoms with van der Waals surface area (Å²) in [6, 6.07) is 17.0. The third-order valence-electron chi connectivity index (χ3n) is 9.31. The van der Waals surface area contributed by atoms with Gasteiger partial charge in [-0.25, -0.2) is 0 Å². The number of nitrogens with one attached hydrogen (secondary N) is 1. The first-order chi connectivity index (χ1) is 20.8. The smallest absolute Gasteiger partial charge is 0.308 e. The minimum atomic E-state index is -0.484. The third-order valence-corrected chi connectivity index (χ3v) is 9.31. The van der Waals surface area contributed by atoms with E-state index in [-0.39, 0.29) is 34.9 Å². The van der Waals surface area contributed by atoms with Gasteiger partial charge >= 0.3 is 5.97 Å². The van der Waals surface area contributed by atoms with Crippen molar-refractivity contribution in [1.29, 1.82) is 0 Å². The lowest BCUT2D eigenvalue weighted by atomic mass is 9.67. The average molecular weight is 607 g/mol. The van der Waals surface area contributed by atoms with Crippen LogP contribution in [0.3, 0.4) is 0 Å². The molecule has 1 atom stereocenters. The number of anilines is 1. The van der Waals surface area contributed by atoms with Crippen LogP contribution in [0.1, 0.15) is 97.6 Å². The molecule has 242 valence electrons. The lowest BCUT2D eigenvalue weighted by molar-refractivity contribution is -0.149. The van der Waals surface area contributed by atoms with Gasteiger partial charge in [-0.2, -0.15) is 0 Å². The molecule has 0 spiro atoms. The Bertz CT molecular complexity index is 1230. The Kier molecular flexibility index (Phi) is 11.0. The second-order valence-corrected chi connectivity index (χ2v) is 14.4. The molecule has 2 fully saturated rings. The zero-order valence-electron chi connectivity index (χ0n) is 28.0. The number of hydrogen-bond acceptors (Lipinski definition) is 6. The summed E-state index contributed by atoms with van der Waals surface area (Å²) in [6.07, 6.45) is 6.11. The largest absolute Gasteiger partial charge is 0.490 e. The van der Waals surface area contributed by atoms with Crippen molar-refractivity contribution in [3.63, 3.8) is 0 Å². The molecule has 2 aliphatic rings. The summed E-state index contributed by atoms with van der Waals surface area (Å²) in [5.41, 5.74) is 2.70. The van der Waals surface area contributed by atoms with Crippen LogP contribution in [-0.2, 0) is 31.0 Å². The van der Waals surface area contributed by atoms with Crippen LogP contribution in [0.5, 0.6) is 5.75 Å². The quantitative estimate of drug-likeness (QED) is 0.267. The first-order valence-electron chi connectivity index (χ1n) is 16.5. The van der Waals surface area contributed by atoms with Gasteiger partial charge in [-0.1, -0.05) is 45.0 Å². The van der Waals surface area contributed by atoms with Crippen molar-refractivity contribution >= 4 is 17.6 Å². The normalized spacial score (nSPS) is 23.4. The van der Waals surface area contributed by atoms with Crippen LogP contribution in [0.25, 0.3) is 0 Å². The van der Waals surface area contributed by atoms with Gasteiger partial charge in [-0.3, -0.25) is 9.59 Å². The molecule has 7 heteroatoms. The molecule has 2 aromatic rings. The molecule has 7 nitrogen and oxygen atoms in total. The number of ether oxygens (including phenoxy) is 3. The number of hydrogen-bond donors (Lipinski definition) is 1. The third kappa shape index (κ3) is 8.77. The van der Waals surface area contributed by atoms with Crippen LogP contribution in [0, 0.1) is 11.3 Å². The van der Waals surface area contributed by atoms with Crippen LogP contribution >= 0.6 is 0 Å². The van der Waals surface area contributed by atoms with E-state index < -0.39 is 5.41 Å². The van der Waals surface area contributed by atoms with Gasteiger partial charge in [0.25, 0.3) is 0 Å². The number of carbonyl (C=O) groups is 2. The monoisotopic (exact) mass is 606 g/mol. The zero-order chi connectivity index (χ0) is 32.0. The van der Waals surface area contributed by atoms with E-state index in [0.717, 1.165) is 61.9 Å². The number of esters is 1. The van der Waals surface area contributed by atoms with Gasteiger partial charge in [-0.05, 0) is 101 Å². The van der Waals surface area contributed by atoms with Crippen LogP contribution in [0.2, 0.25) is 0 Å². The van der Waals surface area contributed by atoms with Gasteiger partial charge < -0.3 is 24.4 Å². The zero-order valence-corrected chi connectivity index (χ0v) is 28.0. The Morgan fingerprint density at radius 1 is 1.00 bits per heavy atom. The van der Waals surface area contributed by atoms with E-state index in [1.165, 1.54) is 5.56 Å². The molecule has 4 rings (SSSR count). The number of benzene rings is 2. The fraction of sp³-hybridized carbons (Fsp3) is 0.622. The molecular weight excluding hydrogens is 552 g/mol. The van der Waals surface area contributed by atoms with Gasteiger partial charge in [0.2, 0.25) is 5.91 Å². The van der Waals surface area contributed by atoms with Crippen molar-refractivity contribution < 1.29 is 23.8 Å². The van der Waals surface area contributed by atoms with Crippen molar-refractivity contribution in [3.05, 3.63) is 59.7 Å². The number of nitrogens with zero attached hydrogens (tertiary/aromatic N) is 1. The van der Waals surface area contributed by atoms with E-state index in [2.05, 4.69) is 55.6 Å². The summed E-state index contributed by atoms with van der Waals surface area (Å²) < 4.78 is 17.6. The summed E-state index contributed by atoms with van der Waals surface area (Å²) in [7, 11) is 1.94. The van der Waals surface area contributed by atoms with E-state index in [1.54, 1.807) is 0 Å². The second-order valence-electron chi connectivity index (χ2n) is 14.4.